The van der Waals surface area contributed by atoms with Crippen LogP contribution in [0.15, 0.2) is 78.9 Å². The molecule has 9 nitrogen and oxygen atoms in total. The lowest BCUT2D eigenvalue weighted by atomic mass is 10.1. The monoisotopic (exact) mass is 538 g/mol. The van der Waals surface area contributed by atoms with Crippen LogP contribution in [0.4, 0.5) is 10.5 Å². The number of amides is 1. The van der Waals surface area contributed by atoms with Gasteiger partial charge in [-0.05, 0) is 24.1 Å². The van der Waals surface area contributed by atoms with Gasteiger partial charge in [0.15, 0.2) is 5.69 Å². The summed E-state index contributed by atoms with van der Waals surface area (Å²) in [5.74, 6) is 0.893. The number of aryl methyl sites for hydroxylation is 1. The number of quaternary nitrogens is 1. The number of rotatable bonds is 9. The predicted molar refractivity (Wildman–Crippen MR) is 160 cm³/mol. The normalized spacial score (nSPS) is 15.3. The van der Waals surface area contributed by atoms with E-state index in [2.05, 4.69) is 50.6 Å². The molecule has 5 N–H and O–H groups in total. The van der Waals surface area contributed by atoms with Crippen LogP contribution in [0.25, 0.3) is 17.1 Å². The van der Waals surface area contributed by atoms with Gasteiger partial charge in [-0.25, -0.2) is 9.78 Å². The number of amidine groups is 1. The number of ether oxygens (including phenoxy) is 1. The quantitative estimate of drug-likeness (QED) is 0.143. The van der Waals surface area contributed by atoms with Gasteiger partial charge in [-0.2, -0.15) is 10.0 Å². The molecule has 0 spiro atoms. The summed E-state index contributed by atoms with van der Waals surface area (Å²) in [6.07, 6.45) is 4.47. The third kappa shape index (κ3) is 6.56. The standard InChI is InChI=1S/C31H35N7O2/c1-23-34-28-14-13-27(22-29(28)35-23)38(19-17-37(18-20-38)16-5-8-24-6-3-2-4-7-24)36-31(39)40-21-15-25-9-11-26(12-10-25)30(32)33/h2-14,22H,15-21H2,1H3,(H4-,32,33,34,35,36,39)/p+1. The average molecular weight is 539 g/mol. The number of imidazole rings is 1. The van der Waals surface area contributed by atoms with Crippen LogP contribution in [0, 0.1) is 12.3 Å². The number of fused-ring (bicyclic) bond motifs is 1. The van der Waals surface area contributed by atoms with Crippen LogP contribution < -0.4 is 15.8 Å². The molecule has 1 saturated heterocycles. The number of H-pyrrole nitrogens is 1. The number of nitrogens with zero attached hydrogens (tertiary/aromatic N) is 3. The van der Waals surface area contributed by atoms with Crippen LogP contribution in [0.2, 0.25) is 0 Å². The summed E-state index contributed by atoms with van der Waals surface area (Å²) < 4.78 is 5.93. The fraction of sp³-hybridized carbons (Fsp3) is 0.258. The lowest BCUT2D eigenvalue weighted by Crippen LogP contribution is -2.69. The highest BCUT2D eigenvalue weighted by atomic mass is 16.6. The smallest absolute Gasteiger partial charge is 0.446 e. The van der Waals surface area contributed by atoms with Crippen molar-refractivity contribution in [2.75, 3.05) is 39.3 Å². The van der Waals surface area contributed by atoms with E-state index in [4.69, 9.17) is 15.9 Å². The number of aromatic nitrogens is 2. The third-order valence-corrected chi connectivity index (χ3v) is 7.34. The minimum absolute atomic E-state index is 0.0342. The van der Waals surface area contributed by atoms with Crippen LogP contribution in [0.1, 0.15) is 22.5 Å². The first-order valence-electron chi connectivity index (χ1n) is 13.6. The summed E-state index contributed by atoms with van der Waals surface area (Å²) in [5, 5.41) is 7.53. The summed E-state index contributed by atoms with van der Waals surface area (Å²) in [5.41, 5.74) is 14.4. The van der Waals surface area contributed by atoms with E-state index in [0.29, 0.717) is 29.7 Å². The van der Waals surface area contributed by atoms with Crippen LogP contribution in [-0.4, -0.2) is 66.1 Å². The zero-order valence-corrected chi connectivity index (χ0v) is 22.8. The molecule has 9 heteroatoms. The highest BCUT2D eigenvalue weighted by Crippen LogP contribution is 2.27. The van der Waals surface area contributed by atoms with Gasteiger partial charge in [-0.1, -0.05) is 66.7 Å². The maximum atomic E-state index is 13.1. The zero-order valence-electron chi connectivity index (χ0n) is 22.8. The number of aromatic amines is 1. The Morgan fingerprint density at radius 2 is 1.88 bits per heavy atom. The molecule has 4 aromatic rings. The highest BCUT2D eigenvalue weighted by Gasteiger charge is 2.38. The maximum Gasteiger partial charge on any atom is 0.452 e. The van der Waals surface area contributed by atoms with Gasteiger partial charge in [0, 0.05) is 30.7 Å². The first-order chi connectivity index (χ1) is 19.4. The van der Waals surface area contributed by atoms with Gasteiger partial charge >= 0.3 is 6.09 Å². The van der Waals surface area contributed by atoms with Gasteiger partial charge in [-0.15, -0.1) is 0 Å². The van der Waals surface area contributed by atoms with Gasteiger partial charge in [0.1, 0.15) is 24.7 Å². The number of nitrogens with one attached hydrogen (secondary N) is 3. The second-order valence-corrected chi connectivity index (χ2v) is 10.2. The number of nitrogen functional groups attached to an aromatic ring is 1. The van der Waals surface area contributed by atoms with Gasteiger partial charge in [0.2, 0.25) is 0 Å². The molecule has 1 aliphatic rings. The van der Waals surface area contributed by atoms with Crippen molar-refractivity contribution in [3.8, 4) is 0 Å². The second kappa shape index (κ2) is 12.1. The Kier molecular flexibility index (Phi) is 8.23. The van der Waals surface area contributed by atoms with Crippen molar-refractivity contribution in [2.24, 2.45) is 5.73 Å². The fourth-order valence-electron chi connectivity index (χ4n) is 5.08. The Morgan fingerprint density at radius 3 is 2.60 bits per heavy atom. The molecule has 3 aromatic carbocycles. The number of piperazine rings is 1. The Labute approximate surface area is 234 Å². The van der Waals surface area contributed by atoms with E-state index < -0.39 is 6.09 Å². The number of nitrogens with two attached hydrogens (primary N) is 1. The van der Waals surface area contributed by atoms with Crippen LogP contribution in [-0.2, 0) is 11.2 Å². The molecule has 1 aliphatic heterocycles. The van der Waals surface area contributed by atoms with Crippen molar-refractivity contribution in [2.45, 2.75) is 13.3 Å². The second-order valence-electron chi connectivity index (χ2n) is 10.2. The molecule has 0 radical (unpaired) electrons. The molecule has 0 bridgehead atoms. The minimum Gasteiger partial charge on any atom is -0.446 e. The minimum atomic E-state index is -0.446. The van der Waals surface area contributed by atoms with Gasteiger partial charge in [0.25, 0.3) is 0 Å². The SMILES string of the molecule is Cc1nc2ccc([N+]3(NC(=O)OCCc4ccc(C(=N)N)cc4)CCN(CC=Cc4ccccc4)CC3)cc2[nH]1. The van der Waals surface area contributed by atoms with Gasteiger partial charge < -0.3 is 15.5 Å². The van der Waals surface area contributed by atoms with E-state index in [1.807, 2.05) is 49.4 Å². The summed E-state index contributed by atoms with van der Waals surface area (Å²) >= 11 is 0. The van der Waals surface area contributed by atoms with Gasteiger partial charge in [0.05, 0.1) is 30.7 Å². The van der Waals surface area contributed by atoms with E-state index in [9.17, 15) is 4.79 Å². The molecule has 0 unspecified atom stereocenters. The van der Waals surface area contributed by atoms with E-state index >= 15 is 0 Å². The fourth-order valence-corrected chi connectivity index (χ4v) is 5.08. The number of carbonyl (C=O) groups is 1. The van der Waals surface area contributed by atoms with E-state index in [0.717, 1.165) is 47.7 Å². The van der Waals surface area contributed by atoms with Crippen molar-refractivity contribution in [3.63, 3.8) is 0 Å². The number of hydrogen-bond donors (Lipinski definition) is 4. The molecule has 5 rings (SSSR count). The average Bonchev–Trinajstić information content (AvgIpc) is 3.34. The molecule has 0 saturated carbocycles. The molecular weight excluding hydrogens is 502 g/mol. The summed E-state index contributed by atoms with van der Waals surface area (Å²) in [4.78, 5) is 23.3. The first kappa shape index (κ1) is 27.1. The molecule has 40 heavy (non-hydrogen) atoms. The number of benzene rings is 3. The van der Waals surface area contributed by atoms with E-state index in [1.165, 1.54) is 5.56 Å². The van der Waals surface area contributed by atoms with Crippen molar-refractivity contribution >= 4 is 34.7 Å². The summed E-state index contributed by atoms with van der Waals surface area (Å²) in [6.45, 7) is 6.10. The lowest BCUT2D eigenvalue weighted by Gasteiger charge is -2.42. The molecule has 0 atom stereocenters. The number of carbonyl (C=O) groups excluding carboxylic acids is 1. The lowest BCUT2D eigenvalue weighted by molar-refractivity contribution is 0.0761. The summed E-state index contributed by atoms with van der Waals surface area (Å²) in [6, 6.07) is 23.8. The Bertz CT molecular complexity index is 1490. The molecule has 0 aliphatic carbocycles. The van der Waals surface area contributed by atoms with Crippen molar-refractivity contribution < 1.29 is 9.53 Å². The first-order valence-corrected chi connectivity index (χ1v) is 13.6. The van der Waals surface area contributed by atoms with Crippen molar-refractivity contribution in [1.82, 2.24) is 24.9 Å². The van der Waals surface area contributed by atoms with E-state index in [-0.39, 0.29) is 12.4 Å². The zero-order chi connectivity index (χ0) is 28.0. The van der Waals surface area contributed by atoms with Crippen LogP contribution in [0.5, 0.6) is 0 Å². The maximum absolute atomic E-state index is 13.1. The summed E-state index contributed by atoms with van der Waals surface area (Å²) in [7, 11) is 0. The van der Waals surface area contributed by atoms with Crippen LogP contribution in [0.3, 0.4) is 0 Å². The molecular formula is C31H36N7O2+. The highest BCUT2D eigenvalue weighted by molar-refractivity contribution is 5.94. The molecule has 1 amide bonds. The Hall–Kier alpha value is -4.47. The molecule has 206 valence electrons. The molecule has 1 aromatic heterocycles. The van der Waals surface area contributed by atoms with Gasteiger partial charge in [-0.3, -0.25) is 10.3 Å². The van der Waals surface area contributed by atoms with E-state index in [1.54, 1.807) is 12.1 Å². The molecule has 1 fully saturated rings. The van der Waals surface area contributed by atoms with Crippen molar-refractivity contribution in [3.05, 3.63) is 101 Å². The topological polar surface area (TPSA) is 120 Å². The molecule has 2 heterocycles. The Morgan fingerprint density at radius 1 is 1.12 bits per heavy atom. The number of hydrogen-bond acceptors (Lipinski definition) is 5. The third-order valence-electron chi connectivity index (χ3n) is 7.34. The Balaban J connectivity index is 1.24. The predicted octanol–water partition coefficient (Wildman–Crippen LogP) is 4.38. The van der Waals surface area contributed by atoms with Crippen molar-refractivity contribution in [1.29, 1.82) is 5.41 Å². The largest absolute Gasteiger partial charge is 0.452 e. The van der Waals surface area contributed by atoms with Crippen LogP contribution >= 0.6 is 0 Å².